The van der Waals surface area contributed by atoms with E-state index in [0.717, 1.165) is 6.42 Å². The second kappa shape index (κ2) is 8.51. The van der Waals surface area contributed by atoms with Crippen molar-refractivity contribution in [3.63, 3.8) is 0 Å². The van der Waals surface area contributed by atoms with Gasteiger partial charge in [-0.3, -0.25) is 14.4 Å². The summed E-state index contributed by atoms with van der Waals surface area (Å²) in [5.41, 5.74) is 0.511. The first kappa shape index (κ1) is 18.1. The van der Waals surface area contributed by atoms with Crippen LogP contribution in [0.4, 0.5) is 0 Å². The molecule has 22 heavy (non-hydrogen) atoms. The maximum absolute atomic E-state index is 12.4. The van der Waals surface area contributed by atoms with Gasteiger partial charge in [-0.2, -0.15) is 0 Å². The van der Waals surface area contributed by atoms with Crippen molar-refractivity contribution in [1.82, 2.24) is 0 Å². The highest BCUT2D eigenvalue weighted by Gasteiger charge is 2.49. The zero-order valence-electron chi connectivity index (χ0n) is 13.5. The molecule has 0 saturated heterocycles. The molecule has 0 unspecified atom stereocenters. The Labute approximate surface area is 131 Å². The average molecular weight is 308 g/mol. The Bertz CT molecular complexity index is 467. The average Bonchev–Trinajstić information content (AvgIpc) is 2.44. The molecule has 0 N–H and O–H groups in total. The molecule has 1 aliphatic rings. The molecule has 0 aliphatic heterocycles. The molecule has 0 aromatic carbocycles. The summed E-state index contributed by atoms with van der Waals surface area (Å²) in [6.45, 7) is 5.61. The van der Waals surface area contributed by atoms with Gasteiger partial charge in [-0.25, -0.2) is 0 Å². The van der Waals surface area contributed by atoms with Crippen LogP contribution in [-0.2, 0) is 23.9 Å². The fourth-order valence-electron chi connectivity index (χ4n) is 2.23. The van der Waals surface area contributed by atoms with E-state index in [1.54, 1.807) is 12.2 Å². The maximum Gasteiger partial charge on any atom is 0.343 e. The summed E-state index contributed by atoms with van der Waals surface area (Å²) in [5.74, 6) is -3.52. The number of hydrogen-bond donors (Lipinski definition) is 0. The first-order valence-electron chi connectivity index (χ1n) is 7.85. The zero-order chi connectivity index (χ0) is 16.6. The van der Waals surface area contributed by atoms with Gasteiger partial charge in [-0.05, 0) is 25.3 Å². The van der Waals surface area contributed by atoms with Crippen molar-refractivity contribution in [3.8, 4) is 0 Å². The van der Waals surface area contributed by atoms with E-state index in [-0.39, 0.29) is 12.8 Å². The lowest BCUT2D eigenvalue weighted by molar-refractivity contribution is -0.214. The lowest BCUT2D eigenvalue weighted by Gasteiger charge is -2.34. The number of hydrogen-bond acceptors (Lipinski definition) is 5. The van der Waals surface area contributed by atoms with Gasteiger partial charge in [-0.15, -0.1) is 0 Å². The van der Waals surface area contributed by atoms with Crippen LogP contribution >= 0.6 is 0 Å². The summed E-state index contributed by atoms with van der Waals surface area (Å²) in [5, 5.41) is 0. The Hall–Kier alpha value is -1.91. The molecule has 0 bridgehead atoms. The summed E-state index contributed by atoms with van der Waals surface area (Å²) >= 11 is 0. The largest absolute Gasteiger partial charge is 0.411 e. The molecule has 5 heteroatoms. The number of rotatable bonds is 8. The third-order valence-electron chi connectivity index (χ3n) is 3.23. The normalized spacial score (nSPS) is 16.1. The van der Waals surface area contributed by atoms with Gasteiger partial charge in [0.1, 0.15) is 0 Å². The van der Waals surface area contributed by atoms with Gasteiger partial charge in [-0.1, -0.05) is 39.3 Å². The fourth-order valence-corrected chi connectivity index (χ4v) is 2.23. The molecule has 5 nitrogen and oxygen atoms in total. The molecule has 0 atom stereocenters. The standard InChI is InChI=1S/C17H24O5/c1-4-8-13-11-7-12-14(18)17(13,21-15(19)9-5-2)22-16(20)10-6-3/h7,11-12H,4-6,8-10H2,1-3H3. The first-order valence-corrected chi connectivity index (χ1v) is 7.85. The highest BCUT2D eigenvalue weighted by Crippen LogP contribution is 2.33. The predicted molar refractivity (Wildman–Crippen MR) is 81.9 cm³/mol. The van der Waals surface area contributed by atoms with Gasteiger partial charge in [0.15, 0.2) is 0 Å². The Morgan fingerprint density at radius 2 is 1.55 bits per heavy atom. The third-order valence-corrected chi connectivity index (χ3v) is 3.23. The van der Waals surface area contributed by atoms with Crippen molar-refractivity contribution in [2.45, 2.75) is 65.1 Å². The van der Waals surface area contributed by atoms with Crippen LogP contribution in [0.1, 0.15) is 59.3 Å². The van der Waals surface area contributed by atoms with E-state index >= 15 is 0 Å². The summed E-state index contributed by atoms with van der Waals surface area (Å²) in [4.78, 5) is 36.3. The Morgan fingerprint density at radius 3 is 2.00 bits per heavy atom. The van der Waals surface area contributed by atoms with E-state index < -0.39 is 23.5 Å². The van der Waals surface area contributed by atoms with Crippen molar-refractivity contribution in [2.24, 2.45) is 0 Å². The molecular weight excluding hydrogens is 284 g/mol. The van der Waals surface area contributed by atoms with Crippen molar-refractivity contribution >= 4 is 17.7 Å². The van der Waals surface area contributed by atoms with E-state index in [9.17, 15) is 14.4 Å². The molecule has 0 saturated carbocycles. The number of ketones is 1. The van der Waals surface area contributed by atoms with E-state index in [4.69, 9.17) is 9.47 Å². The Kier molecular flexibility index (Phi) is 7.02. The highest BCUT2D eigenvalue weighted by molar-refractivity contribution is 6.02. The first-order chi connectivity index (χ1) is 10.5. The smallest absolute Gasteiger partial charge is 0.343 e. The van der Waals surface area contributed by atoms with Crippen LogP contribution in [0.25, 0.3) is 0 Å². The van der Waals surface area contributed by atoms with Crippen molar-refractivity contribution in [1.29, 1.82) is 0 Å². The summed E-state index contributed by atoms with van der Waals surface area (Å²) in [7, 11) is 0. The summed E-state index contributed by atoms with van der Waals surface area (Å²) in [6, 6.07) is 0. The molecule has 122 valence electrons. The second-order valence-electron chi connectivity index (χ2n) is 5.23. The highest BCUT2D eigenvalue weighted by atomic mass is 16.7. The molecule has 0 amide bonds. The number of esters is 2. The third kappa shape index (κ3) is 4.29. The molecule has 0 aromatic rings. The topological polar surface area (TPSA) is 69.7 Å². The minimum Gasteiger partial charge on any atom is -0.411 e. The van der Waals surface area contributed by atoms with Gasteiger partial charge in [0.25, 0.3) is 0 Å². The molecule has 0 radical (unpaired) electrons. The van der Waals surface area contributed by atoms with Crippen LogP contribution in [0.3, 0.4) is 0 Å². The monoisotopic (exact) mass is 308 g/mol. The lowest BCUT2D eigenvalue weighted by atomic mass is 9.92. The van der Waals surface area contributed by atoms with Crippen LogP contribution in [0.2, 0.25) is 0 Å². The maximum atomic E-state index is 12.4. The molecule has 0 spiro atoms. The van der Waals surface area contributed by atoms with E-state index in [0.29, 0.717) is 24.8 Å². The summed E-state index contributed by atoms with van der Waals surface area (Å²) in [6.07, 6.45) is 7.32. The molecule has 0 heterocycles. The molecule has 1 rings (SSSR count). The minimum absolute atomic E-state index is 0.170. The number of carbonyl (C=O) groups excluding carboxylic acids is 3. The van der Waals surface area contributed by atoms with Gasteiger partial charge in [0.2, 0.25) is 5.78 Å². The van der Waals surface area contributed by atoms with Crippen LogP contribution in [0.5, 0.6) is 0 Å². The zero-order valence-corrected chi connectivity index (χ0v) is 13.5. The Balaban J connectivity index is 3.14. The van der Waals surface area contributed by atoms with Crippen LogP contribution in [-0.4, -0.2) is 23.5 Å². The SMILES string of the molecule is CCCC(=O)OC1(OC(=O)CCC)C(=O)C=CC=C1CCC. The minimum atomic E-state index is -1.91. The predicted octanol–water partition coefficient (Wildman–Crippen LogP) is 3.23. The molecule has 1 aliphatic carbocycles. The van der Waals surface area contributed by atoms with Crippen molar-refractivity contribution in [2.75, 3.05) is 0 Å². The van der Waals surface area contributed by atoms with E-state index in [2.05, 4.69) is 0 Å². The van der Waals surface area contributed by atoms with Crippen molar-refractivity contribution in [3.05, 3.63) is 23.8 Å². The van der Waals surface area contributed by atoms with Gasteiger partial charge in [0, 0.05) is 18.4 Å². The van der Waals surface area contributed by atoms with Crippen LogP contribution in [0.15, 0.2) is 23.8 Å². The second-order valence-corrected chi connectivity index (χ2v) is 5.23. The summed E-state index contributed by atoms with van der Waals surface area (Å²) < 4.78 is 10.7. The van der Waals surface area contributed by atoms with Crippen LogP contribution < -0.4 is 0 Å². The van der Waals surface area contributed by atoms with E-state index in [1.807, 2.05) is 20.8 Å². The number of ether oxygens (including phenoxy) is 2. The number of allylic oxidation sites excluding steroid dienone is 2. The molecule has 0 aromatic heterocycles. The lowest BCUT2D eigenvalue weighted by Crippen LogP contribution is -2.49. The molecule has 0 fully saturated rings. The van der Waals surface area contributed by atoms with E-state index in [1.165, 1.54) is 6.08 Å². The van der Waals surface area contributed by atoms with Gasteiger partial charge >= 0.3 is 17.7 Å². The van der Waals surface area contributed by atoms with Crippen LogP contribution in [0, 0.1) is 0 Å². The van der Waals surface area contributed by atoms with Gasteiger partial charge < -0.3 is 9.47 Å². The van der Waals surface area contributed by atoms with Crippen molar-refractivity contribution < 1.29 is 23.9 Å². The quantitative estimate of drug-likeness (QED) is 0.508. The number of carbonyl (C=O) groups is 3. The Morgan fingerprint density at radius 1 is 1.00 bits per heavy atom. The van der Waals surface area contributed by atoms with Gasteiger partial charge in [0.05, 0.1) is 0 Å². The molecular formula is C17H24O5. The fraction of sp³-hybridized carbons (Fsp3) is 0.588.